The molecule has 6 nitrogen and oxygen atoms in total. The second kappa shape index (κ2) is 10.1. The Morgan fingerprint density at radius 3 is 2.70 bits per heavy atom. The summed E-state index contributed by atoms with van der Waals surface area (Å²) in [6.45, 7) is 6.88. The summed E-state index contributed by atoms with van der Waals surface area (Å²) < 4.78 is 11.5. The summed E-state index contributed by atoms with van der Waals surface area (Å²) in [5.74, 6) is 1.53. The maximum Gasteiger partial charge on any atom is 0.224 e. The van der Waals surface area contributed by atoms with Crippen molar-refractivity contribution in [1.29, 1.82) is 0 Å². The largest absolute Gasteiger partial charge is 0.497 e. The molecule has 0 radical (unpaired) electrons. The van der Waals surface area contributed by atoms with Crippen LogP contribution in [0.2, 0.25) is 5.15 Å². The first-order valence-corrected chi connectivity index (χ1v) is 12.1. The van der Waals surface area contributed by atoms with E-state index in [2.05, 4.69) is 24.9 Å². The minimum absolute atomic E-state index is 0.0136. The number of hydrogen-bond acceptors (Lipinski definition) is 5. The van der Waals surface area contributed by atoms with Gasteiger partial charge >= 0.3 is 0 Å². The van der Waals surface area contributed by atoms with E-state index in [-0.39, 0.29) is 30.0 Å². The van der Waals surface area contributed by atoms with Crippen molar-refractivity contribution in [3.63, 3.8) is 0 Å². The van der Waals surface area contributed by atoms with E-state index < -0.39 is 0 Å². The molecule has 1 aromatic heterocycles. The van der Waals surface area contributed by atoms with Gasteiger partial charge in [0.05, 0.1) is 29.8 Å². The summed E-state index contributed by atoms with van der Waals surface area (Å²) in [5, 5.41) is 2.13. The number of carbonyl (C=O) groups excluding carboxylic acids is 1. The van der Waals surface area contributed by atoms with Crippen molar-refractivity contribution in [2.75, 3.05) is 13.7 Å². The van der Waals surface area contributed by atoms with E-state index in [1.807, 2.05) is 42.2 Å². The second-order valence-corrected chi connectivity index (χ2v) is 9.36. The number of halogens is 1. The Morgan fingerprint density at radius 2 is 2.00 bits per heavy atom. The highest BCUT2D eigenvalue weighted by Gasteiger charge is 2.37. The number of pyridine rings is 1. The van der Waals surface area contributed by atoms with Crippen LogP contribution in [-0.4, -0.2) is 41.6 Å². The van der Waals surface area contributed by atoms with Gasteiger partial charge in [0.25, 0.3) is 0 Å². The fourth-order valence-corrected chi connectivity index (χ4v) is 4.86. The van der Waals surface area contributed by atoms with E-state index in [0.717, 1.165) is 41.2 Å². The van der Waals surface area contributed by atoms with Crippen LogP contribution in [0.3, 0.4) is 0 Å². The number of fused-ring (bicyclic) bond motifs is 1. The molecule has 2 aliphatic heterocycles. The quantitative estimate of drug-likeness (QED) is 0.546. The number of carbonyl (C=O) groups is 1. The van der Waals surface area contributed by atoms with Gasteiger partial charge in [0, 0.05) is 24.9 Å². The third-order valence-corrected chi connectivity index (χ3v) is 6.92. The number of amides is 1. The summed E-state index contributed by atoms with van der Waals surface area (Å²) in [6.07, 6.45) is 5.46. The van der Waals surface area contributed by atoms with Gasteiger partial charge in [-0.3, -0.25) is 9.79 Å². The van der Waals surface area contributed by atoms with Crippen LogP contribution in [0.1, 0.15) is 58.1 Å². The van der Waals surface area contributed by atoms with Gasteiger partial charge in [-0.2, -0.15) is 0 Å². The first-order valence-electron chi connectivity index (χ1n) is 11.7. The number of hydrogen-bond donors (Lipinski definition) is 0. The van der Waals surface area contributed by atoms with E-state index in [9.17, 15) is 4.79 Å². The molecule has 0 spiro atoms. The lowest BCUT2D eigenvalue weighted by Crippen LogP contribution is -2.36. The number of methoxy groups -OCH3 is 1. The van der Waals surface area contributed by atoms with Gasteiger partial charge in [-0.1, -0.05) is 43.2 Å². The first kappa shape index (κ1) is 23.6. The summed E-state index contributed by atoms with van der Waals surface area (Å²) in [6, 6.07) is 9.96. The van der Waals surface area contributed by atoms with Gasteiger partial charge < -0.3 is 14.4 Å². The topological polar surface area (TPSA) is 64.0 Å². The second-order valence-electron chi connectivity index (χ2n) is 8.98. The van der Waals surface area contributed by atoms with Gasteiger partial charge in [0.1, 0.15) is 17.0 Å². The molecule has 0 N–H and O–H groups in total. The monoisotopic (exact) mass is 469 g/mol. The molecule has 2 aliphatic rings. The molecule has 0 bridgehead atoms. The maximum atomic E-state index is 12.9. The molecule has 176 valence electrons. The van der Waals surface area contributed by atoms with Crippen molar-refractivity contribution in [2.45, 2.75) is 64.6 Å². The Hall–Kier alpha value is -2.60. The number of aromatic nitrogens is 1. The minimum Gasteiger partial charge on any atom is -0.497 e. The summed E-state index contributed by atoms with van der Waals surface area (Å²) in [5.41, 5.74) is 1.08. The standard InChI is InChI=1S/C26H32ClN3O3/c1-5-6-20-9-12-22-23(28-20)14-24(27)29-26(22)33-17(3)19-13-25(31)30(15-19)16(2)18-7-10-21(32-4)11-8-18/h7-8,10-12,14,16-17,19-20H,5-6,9,13,15H2,1-4H3. The number of rotatable bonds is 8. The summed E-state index contributed by atoms with van der Waals surface area (Å²) >= 11 is 6.29. The molecule has 33 heavy (non-hydrogen) atoms. The predicted octanol–water partition coefficient (Wildman–Crippen LogP) is 4.09. The Kier molecular flexibility index (Phi) is 7.23. The molecule has 1 amide bonds. The van der Waals surface area contributed by atoms with Gasteiger partial charge in [0.15, 0.2) is 0 Å². The Morgan fingerprint density at radius 1 is 1.24 bits per heavy atom. The molecule has 2 aromatic rings. The van der Waals surface area contributed by atoms with Gasteiger partial charge in [0.2, 0.25) is 11.8 Å². The van der Waals surface area contributed by atoms with E-state index in [4.69, 9.17) is 26.1 Å². The Bertz CT molecular complexity index is 1120. The summed E-state index contributed by atoms with van der Waals surface area (Å²) in [4.78, 5) is 24.1. The highest BCUT2D eigenvalue weighted by atomic mass is 35.5. The number of benzene rings is 1. The number of nitrogens with zero attached hydrogens (tertiary/aromatic N) is 3. The van der Waals surface area contributed by atoms with Gasteiger partial charge in [-0.05, 0) is 44.4 Å². The third-order valence-electron chi connectivity index (χ3n) is 6.72. The van der Waals surface area contributed by atoms with Crippen LogP contribution >= 0.6 is 11.6 Å². The van der Waals surface area contributed by atoms with Crippen LogP contribution in [0.15, 0.2) is 35.3 Å². The van der Waals surface area contributed by atoms with E-state index in [0.29, 0.717) is 24.0 Å². The average molecular weight is 470 g/mol. The highest BCUT2D eigenvalue weighted by Crippen LogP contribution is 2.31. The molecule has 7 heteroatoms. The maximum absolute atomic E-state index is 12.9. The van der Waals surface area contributed by atoms with Crippen LogP contribution in [0.4, 0.5) is 0 Å². The molecule has 3 heterocycles. The predicted molar refractivity (Wildman–Crippen MR) is 129 cm³/mol. The molecule has 1 aromatic carbocycles. The van der Waals surface area contributed by atoms with E-state index >= 15 is 0 Å². The Balaban J connectivity index is 1.48. The smallest absolute Gasteiger partial charge is 0.224 e. The highest BCUT2D eigenvalue weighted by molar-refractivity contribution is 6.29. The zero-order chi connectivity index (χ0) is 23.5. The zero-order valence-electron chi connectivity index (χ0n) is 19.8. The molecule has 0 saturated carbocycles. The molecule has 0 aliphatic carbocycles. The van der Waals surface area contributed by atoms with Gasteiger partial charge in [-0.25, -0.2) is 4.98 Å². The molecule has 4 atom stereocenters. The lowest BCUT2D eigenvalue weighted by Gasteiger charge is -2.26. The third kappa shape index (κ3) is 5.16. The number of ether oxygens (including phenoxy) is 2. The molecule has 4 rings (SSSR count). The lowest BCUT2D eigenvalue weighted by atomic mass is 10.0. The molecular weight excluding hydrogens is 438 g/mol. The van der Waals surface area contributed by atoms with Crippen LogP contribution in [0.25, 0.3) is 6.08 Å². The van der Waals surface area contributed by atoms with Gasteiger partial charge in [-0.15, -0.1) is 0 Å². The van der Waals surface area contributed by atoms with Crippen molar-refractivity contribution in [1.82, 2.24) is 9.88 Å². The minimum atomic E-state index is -0.182. The molecule has 1 fully saturated rings. The average Bonchev–Trinajstić information content (AvgIpc) is 3.20. The summed E-state index contributed by atoms with van der Waals surface area (Å²) in [7, 11) is 1.65. The first-order chi connectivity index (χ1) is 15.9. The lowest BCUT2D eigenvalue weighted by molar-refractivity contribution is -0.129. The van der Waals surface area contributed by atoms with Crippen molar-refractivity contribution in [3.05, 3.63) is 51.6 Å². The van der Waals surface area contributed by atoms with E-state index in [1.54, 1.807) is 7.11 Å². The van der Waals surface area contributed by atoms with Crippen LogP contribution in [0, 0.1) is 5.92 Å². The molecular formula is C26H32ClN3O3. The van der Waals surface area contributed by atoms with Crippen molar-refractivity contribution >= 4 is 23.6 Å². The zero-order valence-corrected chi connectivity index (χ0v) is 20.5. The SMILES string of the molecule is CCCC1CC=c2c(OC(C)C3CC(=O)N(C(C)c4ccc(OC)cc4)C3)nc(Cl)cc2=N1. The fraction of sp³-hybridized carbons (Fsp3) is 0.500. The van der Waals surface area contributed by atoms with E-state index in [1.165, 1.54) is 0 Å². The van der Waals surface area contributed by atoms with Crippen molar-refractivity contribution in [2.24, 2.45) is 10.9 Å². The molecule has 4 unspecified atom stereocenters. The van der Waals surface area contributed by atoms with Crippen LogP contribution in [-0.2, 0) is 4.79 Å². The van der Waals surface area contributed by atoms with Crippen LogP contribution < -0.4 is 20.0 Å². The normalized spacial score (nSPS) is 21.6. The number of likely N-dealkylation sites (tertiary alicyclic amines) is 1. The van der Waals surface area contributed by atoms with Crippen molar-refractivity contribution < 1.29 is 14.3 Å². The Labute approximate surface area is 200 Å². The fourth-order valence-electron chi connectivity index (χ4n) is 4.68. The van der Waals surface area contributed by atoms with Crippen molar-refractivity contribution in [3.8, 4) is 11.6 Å². The molecule has 1 saturated heterocycles. The van der Waals surface area contributed by atoms with Crippen LogP contribution in [0.5, 0.6) is 11.6 Å².